The van der Waals surface area contributed by atoms with Gasteiger partial charge in [-0.05, 0) is 24.6 Å². The number of benzene rings is 1. The summed E-state index contributed by atoms with van der Waals surface area (Å²) in [6.45, 7) is 5.93. The minimum atomic E-state index is -3.71. The molecule has 0 aliphatic carbocycles. The molecule has 1 aromatic carbocycles. The molecular weight excluding hydrogens is 406 g/mol. The maximum Gasteiger partial charge on any atom is 0.243 e. The average molecular weight is 434 g/mol. The van der Waals surface area contributed by atoms with Gasteiger partial charge in [0.15, 0.2) is 0 Å². The van der Waals surface area contributed by atoms with E-state index in [-0.39, 0.29) is 10.9 Å². The van der Waals surface area contributed by atoms with Crippen LogP contribution in [0.2, 0.25) is 5.02 Å². The fourth-order valence-electron chi connectivity index (χ4n) is 3.13. The van der Waals surface area contributed by atoms with Crippen molar-refractivity contribution in [2.45, 2.75) is 19.4 Å². The molecule has 1 fully saturated rings. The molecule has 158 valence electrons. The summed E-state index contributed by atoms with van der Waals surface area (Å²) in [6, 6.07) is 3.78. The van der Waals surface area contributed by atoms with Crippen molar-refractivity contribution in [1.82, 2.24) is 10.2 Å². The molecule has 1 heterocycles. The fourth-order valence-corrected chi connectivity index (χ4v) is 4.59. The molecule has 0 bridgehead atoms. The van der Waals surface area contributed by atoms with Crippen molar-refractivity contribution in [3.05, 3.63) is 23.2 Å². The fraction of sp³-hybridized carbons (Fsp3) is 0.611. The smallest absolute Gasteiger partial charge is 0.243 e. The molecule has 0 unspecified atom stereocenters. The molecule has 1 aromatic rings. The van der Waals surface area contributed by atoms with Crippen LogP contribution in [0.4, 0.5) is 5.69 Å². The van der Waals surface area contributed by atoms with Gasteiger partial charge in [-0.15, -0.1) is 0 Å². The topological polar surface area (TPSA) is 88.2 Å². The predicted octanol–water partition coefficient (Wildman–Crippen LogP) is 1.34. The third kappa shape index (κ3) is 5.97. The van der Waals surface area contributed by atoms with Crippen LogP contribution in [0.5, 0.6) is 5.75 Å². The summed E-state index contributed by atoms with van der Waals surface area (Å²) >= 11 is 6.16. The van der Waals surface area contributed by atoms with Gasteiger partial charge in [0.25, 0.3) is 0 Å². The van der Waals surface area contributed by atoms with E-state index in [0.717, 1.165) is 23.7 Å². The summed E-state index contributed by atoms with van der Waals surface area (Å²) in [6.07, 6.45) is 1.40. The highest BCUT2D eigenvalue weighted by molar-refractivity contribution is 7.92. The Kier molecular flexibility index (Phi) is 8.36. The van der Waals surface area contributed by atoms with Crippen molar-refractivity contribution in [2.24, 2.45) is 0 Å². The molecular formula is C18H28ClN3O5S. The van der Waals surface area contributed by atoms with Crippen molar-refractivity contribution in [3.8, 4) is 5.75 Å². The first-order valence-electron chi connectivity index (χ1n) is 9.18. The monoisotopic (exact) mass is 433 g/mol. The van der Waals surface area contributed by atoms with Gasteiger partial charge in [0, 0.05) is 26.2 Å². The van der Waals surface area contributed by atoms with Crippen LogP contribution in [0.1, 0.15) is 13.3 Å². The van der Waals surface area contributed by atoms with Crippen molar-refractivity contribution in [3.63, 3.8) is 0 Å². The lowest BCUT2D eigenvalue weighted by Crippen LogP contribution is -2.50. The number of anilines is 1. The molecule has 1 N–H and O–H groups in total. The minimum Gasteiger partial charge on any atom is -0.495 e. The maximum atomic E-state index is 12.8. The molecule has 0 saturated carbocycles. The summed E-state index contributed by atoms with van der Waals surface area (Å²) in [7, 11) is -2.23. The highest BCUT2D eigenvalue weighted by Crippen LogP contribution is 2.31. The van der Waals surface area contributed by atoms with E-state index in [1.807, 2.05) is 0 Å². The van der Waals surface area contributed by atoms with Crippen molar-refractivity contribution >= 4 is 33.2 Å². The highest BCUT2D eigenvalue weighted by Gasteiger charge is 2.31. The molecule has 28 heavy (non-hydrogen) atoms. The Labute approximate surface area is 171 Å². The SMILES string of the molecule is CC[C@@H](C(=O)NCCN1CCOCC1)N(c1ccc(OC)c(Cl)c1)S(C)(=O)=O. The number of amides is 1. The van der Waals surface area contributed by atoms with Crippen LogP contribution < -0.4 is 14.4 Å². The first-order valence-corrected chi connectivity index (χ1v) is 11.4. The van der Waals surface area contributed by atoms with Crippen LogP contribution in [0.25, 0.3) is 0 Å². The zero-order valence-corrected chi connectivity index (χ0v) is 18.1. The second-order valence-corrected chi connectivity index (χ2v) is 8.81. The van der Waals surface area contributed by atoms with Gasteiger partial charge in [0.05, 0.1) is 37.3 Å². The van der Waals surface area contributed by atoms with Crippen LogP contribution in [0.3, 0.4) is 0 Å². The first-order chi connectivity index (χ1) is 13.3. The van der Waals surface area contributed by atoms with Crippen LogP contribution in [-0.2, 0) is 19.6 Å². The number of carbonyl (C=O) groups excluding carboxylic acids is 1. The van der Waals surface area contributed by atoms with E-state index < -0.39 is 16.1 Å². The van der Waals surface area contributed by atoms with Crippen LogP contribution in [-0.4, -0.2) is 78.0 Å². The molecule has 1 amide bonds. The van der Waals surface area contributed by atoms with Crippen LogP contribution in [0, 0.1) is 0 Å². The highest BCUT2D eigenvalue weighted by atomic mass is 35.5. The van der Waals surface area contributed by atoms with Gasteiger partial charge in [0.1, 0.15) is 11.8 Å². The molecule has 1 aliphatic heterocycles. The molecule has 2 rings (SSSR count). The third-order valence-corrected chi connectivity index (χ3v) is 6.03. The Balaban J connectivity index is 2.13. The lowest BCUT2D eigenvalue weighted by Gasteiger charge is -2.31. The number of hydrogen-bond acceptors (Lipinski definition) is 6. The number of nitrogens with one attached hydrogen (secondary N) is 1. The van der Waals surface area contributed by atoms with Gasteiger partial charge in [-0.2, -0.15) is 0 Å². The van der Waals surface area contributed by atoms with Gasteiger partial charge in [-0.3, -0.25) is 14.0 Å². The standard InChI is InChI=1S/C18H28ClN3O5S/c1-4-16(18(23)20-7-8-21-9-11-27-12-10-21)22(28(3,24)25)14-5-6-17(26-2)15(19)13-14/h5-6,13,16H,4,7-12H2,1-3H3,(H,20,23)/t16-/m0/s1. The number of nitrogens with zero attached hydrogens (tertiary/aromatic N) is 2. The van der Waals surface area contributed by atoms with Crippen LogP contribution >= 0.6 is 11.6 Å². The Morgan fingerprint density at radius 1 is 1.39 bits per heavy atom. The number of hydrogen-bond donors (Lipinski definition) is 1. The normalized spacial score (nSPS) is 16.4. The van der Waals surface area contributed by atoms with Gasteiger partial charge < -0.3 is 14.8 Å². The molecule has 1 atom stereocenters. The molecule has 1 saturated heterocycles. The summed E-state index contributed by atoms with van der Waals surface area (Å²) in [5.41, 5.74) is 0.323. The van der Waals surface area contributed by atoms with Gasteiger partial charge in [-0.25, -0.2) is 8.42 Å². The molecule has 10 heteroatoms. The second kappa shape index (κ2) is 10.3. The summed E-state index contributed by atoms with van der Waals surface area (Å²) < 4.78 is 36.5. The van der Waals surface area contributed by atoms with Crippen LogP contribution in [0.15, 0.2) is 18.2 Å². The van der Waals surface area contributed by atoms with E-state index in [9.17, 15) is 13.2 Å². The van der Waals surface area contributed by atoms with Crippen molar-refractivity contribution in [2.75, 3.05) is 57.1 Å². The molecule has 0 aromatic heterocycles. The number of ether oxygens (including phenoxy) is 2. The minimum absolute atomic E-state index is 0.274. The Morgan fingerprint density at radius 3 is 2.61 bits per heavy atom. The zero-order chi connectivity index (χ0) is 20.7. The summed E-state index contributed by atoms with van der Waals surface area (Å²) in [5, 5.41) is 3.13. The van der Waals surface area contributed by atoms with Gasteiger partial charge in [-0.1, -0.05) is 18.5 Å². The van der Waals surface area contributed by atoms with Gasteiger partial charge in [0.2, 0.25) is 15.9 Å². The van der Waals surface area contributed by atoms with E-state index in [1.54, 1.807) is 19.1 Å². The summed E-state index contributed by atoms with van der Waals surface area (Å²) in [5.74, 6) is 0.0926. The van der Waals surface area contributed by atoms with Gasteiger partial charge >= 0.3 is 0 Å². The zero-order valence-electron chi connectivity index (χ0n) is 16.5. The quantitative estimate of drug-likeness (QED) is 0.632. The average Bonchev–Trinajstić information content (AvgIpc) is 2.65. The number of carbonyl (C=O) groups is 1. The van der Waals surface area contributed by atoms with Crippen molar-refractivity contribution < 1.29 is 22.7 Å². The molecule has 8 nitrogen and oxygen atoms in total. The molecule has 1 aliphatic rings. The van der Waals surface area contributed by atoms with E-state index >= 15 is 0 Å². The number of methoxy groups -OCH3 is 1. The number of morpholine rings is 1. The molecule has 0 spiro atoms. The van der Waals surface area contributed by atoms with E-state index in [0.29, 0.717) is 44.2 Å². The number of rotatable bonds is 9. The Morgan fingerprint density at radius 2 is 2.07 bits per heavy atom. The lowest BCUT2D eigenvalue weighted by atomic mass is 10.2. The Bertz CT molecular complexity index is 768. The first kappa shape index (κ1) is 22.7. The lowest BCUT2D eigenvalue weighted by molar-refractivity contribution is -0.122. The molecule has 0 radical (unpaired) electrons. The van der Waals surface area contributed by atoms with Crippen molar-refractivity contribution in [1.29, 1.82) is 0 Å². The number of sulfonamides is 1. The largest absolute Gasteiger partial charge is 0.495 e. The van der Waals surface area contributed by atoms with E-state index in [4.69, 9.17) is 21.1 Å². The third-order valence-electron chi connectivity index (χ3n) is 4.55. The van der Waals surface area contributed by atoms with E-state index in [2.05, 4.69) is 10.2 Å². The van der Waals surface area contributed by atoms with E-state index in [1.165, 1.54) is 13.2 Å². The predicted molar refractivity (Wildman–Crippen MR) is 110 cm³/mol. The summed E-state index contributed by atoms with van der Waals surface area (Å²) in [4.78, 5) is 15.0. The second-order valence-electron chi connectivity index (χ2n) is 6.55. The Hall–Kier alpha value is -1.55. The maximum absolute atomic E-state index is 12.8. The number of halogens is 1.